The molecule has 1 N–H and O–H groups in total. The van der Waals surface area contributed by atoms with Crippen LogP contribution in [0.15, 0.2) is 18.2 Å². The van der Waals surface area contributed by atoms with Crippen LogP contribution >= 0.6 is 0 Å². The fraction of sp³-hybridized carbons (Fsp3) is 0.611. The van der Waals surface area contributed by atoms with Crippen molar-refractivity contribution in [2.24, 2.45) is 5.92 Å². The Balaban J connectivity index is 1.76. The molecular formula is C18H26BNO3. The molecule has 1 heterocycles. The summed E-state index contributed by atoms with van der Waals surface area (Å²) in [6.45, 7) is 10.2. The predicted molar refractivity (Wildman–Crippen MR) is 92.9 cm³/mol. The van der Waals surface area contributed by atoms with Crippen molar-refractivity contribution in [3.05, 3.63) is 23.8 Å². The Morgan fingerprint density at radius 2 is 1.78 bits per heavy atom. The molecule has 1 aromatic rings. The Labute approximate surface area is 139 Å². The van der Waals surface area contributed by atoms with E-state index in [1.807, 2.05) is 46.8 Å². The number of hydrogen-bond donors (Lipinski definition) is 1. The van der Waals surface area contributed by atoms with E-state index < -0.39 is 7.12 Å². The van der Waals surface area contributed by atoms with Gasteiger partial charge in [0.05, 0.1) is 11.2 Å². The Bertz CT molecular complexity index is 607. The van der Waals surface area contributed by atoms with Gasteiger partial charge in [-0.2, -0.15) is 0 Å². The van der Waals surface area contributed by atoms with Crippen molar-refractivity contribution in [1.29, 1.82) is 0 Å². The maximum absolute atomic E-state index is 12.0. The number of carbonyl (C=O) groups is 1. The third kappa shape index (κ3) is 3.61. The second-order valence-corrected chi connectivity index (χ2v) is 7.92. The Hall–Kier alpha value is -1.33. The van der Waals surface area contributed by atoms with E-state index in [4.69, 9.17) is 9.31 Å². The fourth-order valence-corrected chi connectivity index (χ4v) is 2.80. The van der Waals surface area contributed by atoms with Crippen LogP contribution in [0.1, 0.15) is 52.5 Å². The topological polar surface area (TPSA) is 47.6 Å². The standard InChI is InChI=1S/C18H26BNO3/c1-12-8-14(19-22-17(2,3)18(4,5)23-19)11-15(9-12)20-16(21)10-13-6-7-13/h8-9,11,13H,6-7,10H2,1-5H3,(H,20,21). The molecule has 1 saturated heterocycles. The van der Waals surface area contributed by atoms with E-state index in [9.17, 15) is 4.79 Å². The molecule has 0 radical (unpaired) electrons. The fourth-order valence-electron chi connectivity index (χ4n) is 2.80. The van der Waals surface area contributed by atoms with Gasteiger partial charge >= 0.3 is 7.12 Å². The van der Waals surface area contributed by atoms with Crippen LogP contribution < -0.4 is 10.8 Å². The van der Waals surface area contributed by atoms with Crippen molar-refractivity contribution in [3.8, 4) is 0 Å². The predicted octanol–water partition coefficient (Wildman–Crippen LogP) is 3.03. The number of rotatable bonds is 4. The van der Waals surface area contributed by atoms with Crippen LogP contribution in [0.5, 0.6) is 0 Å². The summed E-state index contributed by atoms with van der Waals surface area (Å²) >= 11 is 0. The Kier molecular flexibility index (Phi) is 4.05. The largest absolute Gasteiger partial charge is 0.494 e. The number of aryl methyl sites for hydroxylation is 1. The van der Waals surface area contributed by atoms with Gasteiger partial charge in [0.1, 0.15) is 0 Å². The molecule has 1 aromatic carbocycles. The van der Waals surface area contributed by atoms with Gasteiger partial charge in [-0.1, -0.05) is 6.07 Å². The zero-order valence-corrected chi connectivity index (χ0v) is 14.7. The van der Waals surface area contributed by atoms with E-state index in [0.717, 1.165) is 16.7 Å². The summed E-state index contributed by atoms with van der Waals surface area (Å²) in [5, 5.41) is 3.01. The average molecular weight is 315 g/mol. The third-order valence-electron chi connectivity index (χ3n) is 5.08. The molecule has 0 unspecified atom stereocenters. The first-order valence-corrected chi connectivity index (χ1v) is 8.43. The lowest BCUT2D eigenvalue weighted by atomic mass is 9.78. The number of nitrogens with one attached hydrogen (secondary N) is 1. The van der Waals surface area contributed by atoms with E-state index >= 15 is 0 Å². The molecule has 1 saturated carbocycles. The van der Waals surface area contributed by atoms with Gasteiger partial charge in [0.15, 0.2) is 0 Å². The molecule has 0 spiro atoms. The van der Waals surface area contributed by atoms with E-state index in [-0.39, 0.29) is 17.1 Å². The molecule has 0 aromatic heterocycles. The zero-order chi connectivity index (χ0) is 16.8. The minimum atomic E-state index is -0.404. The van der Waals surface area contributed by atoms with Crippen LogP contribution in [-0.4, -0.2) is 24.2 Å². The molecular weight excluding hydrogens is 289 g/mol. The zero-order valence-electron chi connectivity index (χ0n) is 14.7. The monoisotopic (exact) mass is 315 g/mol. The molecule has 1 aliphatic heterocycles. The van der Waals surface area contributed by atoms with Gasteiger partial charge in [-0.3, -0.25) is 4.79 Å². The summed E-state index contributed by atoms with van der Waals surface area (Å²) in [6, 6.07) is 6.00. The summed E-state index contributed by atoms with van der Waals surface area (Å²) in [7, 11) is -0.404. The van der Waals surface area contributed by atoms with Gasteiger partial charge in [0.25, 0.3) is 0 Å². The molecule has 5 heteroatoms. The van der Waals surface area contributed by atoms with Crippen molar-refractivity contribution >= 4 is 24.2 Å². The van der Waals surface area contributed by atoms with Crippen molar-refractivity contribution in [2.75, 3.05) is 5.32 Å². The number of hydrogen-bond acceptors (Lipinski definition) is 3. The molecule has 124 valence electrons. The van der Waals surface area contributed by atoms with Gasteiger partial charge in [-0.15, -0.1) is 0 Å². The summed E-state index contributed by atoms with van der Waals surface area (Å²) < 4.78 is 12.2. The number of carbonyl (C=O) groups excluding carboxylic acids is 1. The molecule has 23 heavy (non-hydrogen) atoms. The Morgan fingerprint density at radius 1 is 1.17 bits per heavy atom. The summed E-state index contributed by atoms with van der Waals surface area (Å²) in [4.78, 5) is 12.0. The maximum atomic E-state index is 12.0. The quantitative estimate of drug-likeness (QED) is 0.869. The lowest BCUT2D eigenvalue weighted by Gasteiger charge is -2.32. The van der Waals surface area contributed by atoms with Crippen molar-refractivity contribution in [1.82, 2.24) is 0 Å². The normalized spacial score (nSPS) is 22.2. The number of amides is 1. The lowest BCUT2D eigenvalue weighted by Crippen LogP contribution is -2.41. The molecule has 3 rings (SSSR count). The van der Waals surface area contributed by atoms with Gasteiger partial charge < -0.3 is 14.6 Å². The second kappa shape index (κ2) is 5.64. The SMILES string of the molecule is Cc1cc(NC(=O)CC2CC2)cc(B2OC(C)(C)C(C)(C)O2)c1. The minimum absolute atomic E-state index is 0.0953. The summed E-state index contributed by atoms with van der Waals surface area (Å²) in [5.74, 6) is 0.681. The number of anilines is 1. The maximum Gasteiger partial charge on any atom is 0.494 e. The van der Waals surface area contributed by atoms with Crippen LogP contribution in [-0.2, 0) is 14.1 Å². The van der Waals surface area contributed by atoms with E-state index in [0.29, 0.717) is 12.3 Å². The van der Waals surface area contributed by atoms with Crippen molar-refractivity contribution in [2.45, 2.75) is 65.1 Å². The van der Waals surface area contributed by atoms with Gasteiger partial charge in [0.2, 0.25) is 5.91 Å². The van der Waals surface area contributed by atoms with Crippen LogP contribution in [0.25, 0.3) is 0 Å². The molecule has 4 nitrogen and oxygen atoms in total. The number of benzene rings is 1. The van der Waals surface area contributed by atoms with Crippen LogP contribution in [0.4, 0.5) is 5.69 Å². The highest BCUT2D eigenvalue weighted by atomic mass is 16.7. The van der Waals surface area contributed by atoms with Crippen LogP contribution in [0.3, 0.4) is 0 Å². The molecule has 1 aliphatic carbocycles. The van der Waals surface area contributed by atoms with E-state index in [1.165, 1.54) is 12.8 Å². The first-order chi connectivity index (χ1) is 10.7. The van der Waals surface area contributed by atoms with Crippen LogP contribution in [0, 0.1) is 12.8 Å². The smallest absolute Gasteiger partial charge is 0.399 e. The van der Waals surface area contributed by atoms with Gasteiger partial charge in [-0.05, 0) is 76.5 Å². The van der Waals surface area contributed by atoms with Gasteiger partial charge in [0, 0.05) is 12.1 Å². The highest BCUT2D eigenvalue weighted by Crippen LogP contribution is 2.36. The lowest BCUT2D eigenvalue weighted by molar-refractivity contribution is -0.116. The summed E-state index contributed by atoms with van der Waals surface area (Å²) in [5.41, 5.74) is 2.12. The minimum Gasteiger partial charge on any atom is -0.399 e. The first kappa shape index (κ1) is 16.5. The second-order valence-electron chi connectivity index (χ2n) is 7.92. The molecule has 2 fully saturated rings. The first-order valence-electron chi connectivity index (χ1n) is 8.43. The molecule has 1 amide bonds. The molecule has 0 bridgehead atoms. The average Bonchev–Trinajstić information content (AvgIpc) is 3.16. The van der Waals surface area contributed by atoms with Crippen molar-refractivity contribution in [3.63, 3.8) is 0 Å². The van der Waals surface area contributed by atoms with E-state index in [2.05, 4.69) is 11.4 Å². The Morgan fingerprint density at radius 3 is 2.35 bits per heavy atom. The van der Waals surface area contributed by atoms with E-state index in [1.54, 1.807) is 0 Å². The van der Waals surface area contributed by atoms with Crippen molar-refractivity contribution < 1.29 is 14.1 Å². The summed E-state index contributed by atoms with van der Waals surface area (Å²) in [6.07, 6.45) is 2.99. The third-order valence-corrected chi connectivity index (χ3v) is 5.08. The highest BCUT2D eigenvalue weighted by molar-refractivity contribution is 6.62. The molecule has 2 aliphatic rings. The van der Waals surface area contributed by atoms with Crippen LogP contribution in [0.2, 0.25) is 0 Å². The highest BCUT2D eigenvalue weighted by Gasteiger charge is 2.51. The van der Waals surface area contributed by atoms with Gasteiger partial charge in [-0.25, -0.2) is 0 Å². The molecule has 0 atom stereocenters.